The van der Waals surface area contributed by atoms with Crippen LogP contribution in [0.4, 0.5) is 5.95 Å². The first-order valence-electron chi connectivity index (χ1n) is 6.90. The molecule has 8 nitrogen and oxygen atoms in total. The summed E-state index contributed by atoms with van der Waals surface area (Å²) in [6.07, 6.45) is 4.14. The van der Waals surface area contributed by atoms with E-state index in [2.05, 4.69) is 25.4 Å². The predicted octanol–water partition coefficient (Wildman–Crippen LogP) is 0.963. The van der Waals surface area contributed by atoms with Gasteiger partial charge in [0, 0.05) is 12.3 Å². The Labute approximate surface area is 120 Å². The van der Waals surface area contributed by atoms with Gasteiger partial charge in [-0.3, -0.25) is 10.1 Å². The number of fused-ring (bicyclic) bond motifs is 1. The van der Waals surface area contributed by atoms with E-state index in [0.29, 0.717) is 36.5 Å². The molecular formula is C13H14N6O2. The molecule has 2 aromatic rings. The zero-order valence-corrected chi connectivity index (χ0v) is 11.5. The summed E-state index contributed by atoms with van der Waals surface area (Å²) in [7, 11) is 1.57. The number of anilines is 1. The summed E-state index contributed by atoms with van der Waals surface area (Å²) in [5.74, 6) is 1.83. The number of hydrogen-bond acceptors (Lipinski definition) is 6. The van der Waals surface area contributed by atoms with Gasteiger partial charge in [0.15, 0.2) is 5.82 Å². The number of rotatable bonds is 3. The van der Waals surface area contributed by atoms with Crippen molar-refractivity contribution in [1.82, 2.24) is 24.7 Å². The maximum Gasteiger partial charge on any atom is 0.228 e. The van der Waals surface area contributed by atoms with Crippen LogP contribution in [0.2, 0.25) is 0 Å². The second kappa shape index (κ2) is 4.51. The minimum atomic E-state index is -0.0415. The minimum Gasteiger partial charge on any atom is -0.480 e. The summed E-state index contributed by atoms with van der Waals surface area (Å²) >= 11 is 0. The zero-order valence-electron chi connectivity index (χ0n) is 11.5. The highest BCUT2D eigenvalue weighted by Gasteiger charge is 2.32. The molecule has 1 N–H and O–H groups in total. The van der Waals surface area contributed by atoms with Gasteiger partial charge in [0.2, 0.25) is 17.7 Å². The van der Waals surface area contributed by atoms with E-state index in [1.54, 1.807) is 11.8 Å². The molecule has 4 rings (SSSR count). The minimum absolute atomic E-state index is 0.0415. The molecule has 0 unspecified atom stereocenters. The zero-order chi connectivity index (χ0) is 14.4. The Morgan fingerprint density at radius 1 is 1.38 bits per heavy atom. The number of ether oxygens (including phenoxy) is 1. The fourth-order valence-corrected chi connectivity index (χ4v) is 2.50. The van der Waals surface area contributed by atoms with Gasteiger partial charge in [-0.15, -0.1) is 5.10 Å². The molecule has 2 aromatic heterocycles. The molecule has 0 radical (unpaired) electrons. The van der Waals surface area contributed by atoms with E-state index < -0.39 is 0 Å². The van der Waals surface area contributed by atoms with Crippen molar-refractivity contribution in [3.05, 3.63) is 12.0 Å². The Morgan fingerprint density at radius 3 is 3.00 bits per heavy atom. The molecule has 8 heteroatoms. The molecule has 0 atom stereocenters. The van der Waals surface area contributed by atoms with Crippen molar-refractivity contribution < 1.29 is 9.53 Å². The summed E-state index contributed by atoms with van der Waals surface area (Å²) in [6.45, 7) is 0.531. The van der Waals surface area contributed by atoms with Gasteiger partial charge in [-0.2, -0.15) is 4.98 Å². The number of carbonyl (C=O) groups excluding carboxylic acids is 1. The second-order valence-corrected chi connectivity index (χ2v) is 5.20. The van der Waals surface area contributed by atoms with Crippen molar-refractivity contribution in [3.8, 4) is 17.3 Å². The van der Waals surface area contributed by atoms with Gasteiger partial charge in [0.1, 0.15) is 11.9 Å². The number of aromatic nitrogens is 5. The third kappa shape index (κ3) is 2.03. The van der Waals surface area contributed by atoms with Crippen molar-refractivity contribution in [2.45, 2.75) is 31.7 Å². The Bertz CT molecular complexity index is 721. The van der Waals surface area contributed by atoms with E-state index >= 15 is 0 Å². The number of hydrogen-bond donors (Lipinski definition) is 1. The second-order valence-electron chi connectivity index (χ2n) is 5.20. The van der Waals surface area contributed by atoms with Crippen molar-refractivity contribution in [1.29, 1.82) is 0 Å². The van der Waals surface area contributed by atoms with Crippen LogP contribution in [0.1, 0.15) is 30.9 Å². The third-order valence-electron chi connectivity index (χ3n) is 3.70. The van der Waals surface area contributed by atoms with Crippen LogP contribution in [0.25, 0.3) is 11.4 Å². The summed E-state index contributed by atoms with van der Waals surface area (Å²) in [6, 6.07) is 0. The number of amides is 1. The monoisotopic (exact) mass is 286 g/mol. The van der Waals surface area contributed by atoms with Crippen LogP contribution in [-0.2, 0) is 11.3 Å². The van der Waals surface area contributed by atoms with E-state index in [-0.39, 0.29) is 5.91 Å². The van der Waals surface area contributed by atoms with E-state index in [1.165, 1.54) is 6.33 Å². The third-order valence-corrected chi connectivity index (χ3v) is 3.70. The van der Waals surface area contributed by atoms with Gasteiger partial charge < -0.3 is 4.74 Å². The Kier molecular flexibility index (Phi) is 2.63. The first kappa shape index (κ1) is 12.2. The van der Waals surface area contributed by atoms with Crippen molar-refractivity contribution in [2.75, 3.05) is 12.4 Å². The van der Waals surface area contributed by atoms with Crippen LogP contribution in [0.5, 0.6) is 5.88 Å². The summed E-state index contributed by atoms with van der Waals surface area (Å²) in [5.41, 5.74) is 1.66. The highest BCUT2D eigenvalue weighted by atomic mass is 16.5. The van der Waals surface area contributed by atoms with Crippen molar-refractivity contribution in [3.63, 3.8) is 0 Å². The highest BCUT2D eigenvalue weighted by Crippen LogP contribution is 2.45. The lowest BCUT2D eigenvalue weighted by Crippen LogP contribution is -2.23. The number of carbonyl (C=O) groups is 1. The van der Waals surface area contributed by atoms with Gasteiger partial charge >= 0.3 is 0 Å². The van der Waals surface area contributed by atoms with E-state index in [0.717, 1.165) is 24.1 Å². The van der Waals surface area contributed by atoms with Crippen LogP contribution in [-0.4, -0.2) is 37.7 Å². The highest BCUT2D eigenvalue weighted by molar-refractivity contribution is 5.90. The van der Waals surface area contributed by atoms with Crippen LogP contribution in [0, 0.1) is 0 Å². The van der Waals surface area contributed by atoms with Crippen LogP contribution >= 0.6 is 0 Å². The lowest BCUT2D eigenvalue weighted by atomic mass is 10.1. The molecule has 0 saturated heterocycles. The Hall–Kier alpha value is -2.51. The lowest BCUT2D eigenvalue weighted by Gasteiger charge is -2.11. The largest absolute Gasteiger partial charge is 0.480 e. The van der Waals surface area contributed by atoms with Crippen molar-refractivity contribution in [2.24, 2.45) is 0 Å². The first-order chi connectivity index (χ1) is 10.3. The molecule has 0 bridgehead atoms. The Balaban J connectivity index is 1.84. The van der Waals surface area contributed by atoms with Gasteiger partial charge in [0.25, 0.3) is 0 Å². The topological polar surface area (TPSA) is 94.8 Å². The summed E-state index contributed by atoms with van der Waals surface area (Å²) < 4.78 is 7.04. The quantitative estimate of drug-likeness (QED) is 0.903. The molecule has 1 fully saturated rings. The molecule has 1 aliphatic heterocycles. The predicted molar refractivity (Wildman–Crippen MR) is 72.8 cm³/mol. The Morgan fingerprint density at radius 2 is 2.24 bits per heavy atom. The van der Waals surface area contributed by atoms with Gasteiger partial charge in [-0.1, -0.05) is 0 Å². The van der Waals surface area contributed by atoms with Crippen LogP contribution < -0.4 is 10.1 Å². The molecule has 1 amide bonds. The normalized spacial score (nSPS) is 17.3. The molecule has 1 aliphatic carbocycles. The van der Waals surface area contributed by atoms with Crippen LogP contribution in [0.15, 0.2) is 6.33 Å². The standard InChI is InChI=1S/C13H14N6O2/c1-21-12-9(10(7-2-3-7)14-6-15-12)11-17-13-16-8(20)4-5-19(13)18-11/h6-7H,2-5H2,1H3,(H,16,17,18,20). The van der Waals surface area contributed by atoms with E-state index in [4.69, 9.17) is 4.74 Å². The fourth-order valence-electron chi connectivity index (χ4n) is 2.50. The summed E-state index contributed by atoms with van der Waals surface area (Å²) in [4.78, 5) is 24.4. The van der Waals surface area contributed by atoms with Gasteiger partial charge in [-0.05, 0) is 12.8 Å². The molecular weight excluding hydrogens is 272 g/mol. The fraction of sp³-hybridized carbons (Fsp3) is 0.462. The number of methoxy groups -OCH3 is 1. The van der Waals surface area contributed by atoms with Crippen molar-refractivity contribution >= 4 is 11.9 Å². The number of aryl methyl sites for hydroxylation is 1. The molecule has 0 aromatic carbocycles. The SMILES string of the molecule is COc1ncnc(C2CC2)c1-c1nc2n(n1)CCC(=O)N2. The number of nitrogens with zero attached hydrogens (tertiary/aromatic N) is 5. The maximum absolute atomic E-state index is 11.4. The van der Waals surface area contributed by atoms with Gasteiger partial charge in [-0.25, -0.2) is 14.6 Å². The molecule has 108 valence electrons. The maximum atomic E-state index is 11.4. The molecule has 2 aliphatic rings. The first-order valence-corrected chi connectivity index (χ1v) is 6.90. The summed E-state index contributed by atoms with van der Waals surface area (Å²) in [5, 5.41) is 7.19. The van der Waals surface area contributed by atoms with E-state index in [1.807, 2.05) is 0 Å². The van der Waals surface area contributed by atoms with Crippen LogP contribution in [0.3, 0.4) is 0 Å². The molecule has 3 heterocycles. The average Bonchev–Trinajstić information content (AvgIpc) is 3.26. The lowest BCUT2D eigenvalue weighted by molar-refractivity contribution is -0.117. The molecule has 21 heavy (non-hydrogen) atoms. The molecule has 1 saturated carbocycles. The smallest absolute Gasteiger partial charge is 0.228 e. The average molecular weight is 286 g/mol. The van der Waals surface area contributed by atoms with Gasteiger partial charge in [0.05, 0.1) is 19.3 Å². The van der Waals surface area contributed by atoms with E-state index in [9.17, 15) is 4.79 Å². The number of nitrogens with one attached hydrogen (secondary N) is 1. The molecule has 0 spiro atoms.